The molecule has 1 fully saturated rings. The Labute approximate surface area is 148 Å². The van der Waals surface area contributed by atoms with Gasteiger partial charge < -0.3 is 31.5 Å². The third-order valence-corrected chi connectivity index (χ3v) is 4.03. The van der Waals surface area contributed by atoms with Crippen molar-refractivity contribution in [2.75, 3.05) is 11.9 Å². The largest absolute Gasteiger partial charge is 0.351 e. The van der Waals surface area contributed by atoms with Gasteiger partial charge in [-0.05, 0) is 20.8 Å². The number of aromatic nitrogens is 1. The highest BCUT2D eigenvalue weighted by molar-refractivity contribution is 7.14. The lowest BCUT2D eigenvalue weighted by molar-refractivity contribution is -0.148. The first kappa shape index (κ1) is 19.2. The van der Waals surface area contributed by atoms with E-state index in [0.29, 0.717) is 5.13 Å². The van der Waals surface area contributed by atoms with Crippen molar-refractivity contribution in [2.45, 2.75) is 44.9 Å². The van der Waals surface area contributed by atoms with Crippen molar-refractivity contribution < 1.29 is 19.4 Å². The number of nitrogens with one attached hydrogen (secondary N) is 4. The van der Waals surface area contributed by atoms with Crippen molar-refractivity contribution in [1.29, 1.82) is 5.41 Å². The Hall–Kier alpha value is -2.08. The van der Waals surface area contributed by atoms with E-state index in [-0.39, 0.29) is 29.9 Å². The van der Waals surface area contributed by atoms with Gasteiger partial charge in [0, 0.05) is 11.9 Å². The van der Waals surface area contributed by atoms with Crippen LogP contribution in [0, 0.1) is 5.41 Å². The van der Waals surface area contributed by atoms with Crippen LogP contribution in [0.25, 0.3) is 0 Å². The number of carbonyl (C=O) groups excluding carboxylic acids is 2. The monoisotopic (exact) mass is 370 g/mol. The Morgan fingerprint density at radius 3 is 2.84 bits per heavy atom. The van der Waals surface area contributed by atoms with Crippen LogP contribution in [0.5, 0.6) is 0 Å². The molecule has 25 heavy (non-hydrogen) atoms. The van der Waals surface area contributed by atoms with Gasteiger partial charge in [-0.15, -0.1) is 11.3 Å². The maximum absolute atomic E-state index is 12.1. The van der Waals surface area contributed by atoms with Gasteiger partial charge in [0.2, 0.25) is 12.3 Å². The summed E-state index contributed by atoms with van der Waals surface area (Å²) in [4.78, 5) is 27.6. The van der Waals surface area contributed by atoms with E-state index in [2.05, 4.69) is 20.9 Å². The zero-order valence-electron chi connectivity index (χ0n) is 14.1. The van der Waals surface area contributed by atoms with Crippen molar-refractivity contribution in [1.82, 2.24) is 15.6 Å². The van der Waals surface area contributed by atoms with Crippen LogP contribution >= 0.6 is 11.3 Å². The summed E-state index contributed by atoms with van der Waals surface area (Å²) in [5.41, 5.74) is 4.65. The summed E-state index contributed by atoms with van der Waals surface area (Å²) in [5, 5.41) is 27.1. The average Bonchev–Trinajstić information content (AvgIpc) is 2.95. The molecular weight excluding hydrogens is 348 g/mol. The Morgan fingerprint density at radius 1 is 1.60 bits per heavy atom. The third kappa shape index (κ3) is 4.95. The molecule has 0 saturated carbocycles. The SMILES string of the molecule is CC(C)(C)O[C@@H](O)Nc1nc(C(=N)C(=O)N[C@@H]2C(=O)N[C@@H]2CN)cs1. The number of thiazole rings is 1. The third-order valence-electron chi connectivity index (χ3n) is 3.25. The van der Waals surface area contributed by atoms with Crippen molar-refractivity contribution in [2.24, 2.45) is 5.73 Å². The fraction of sp³-hybridized carbons (Fsp3) is 0.571. The summed E-state index contributed by atoms with van der Waals surface area (Å²) in [6.07, 6.45) is -1.27. The summed E-state index contributed by atoms with van der Waals surface area (Å²) in [7, 11) is 0. The predicted octanol–water partition coefficient (Wildman–Crippen LogP) is -1.04. The first-order valence-electron chi connectivity index (χ1n) is 7.59. The van der Waals surface area contributed by atoms with Crippen LogP contribution in [0.1, 0.15) is 26.5 Å². The van der Waals surface area contributed by atoms with Crippen molar-refractivity contribution in [3.8, 4) is 0 Å². The second-order valence-corrected chi connectivity index (χ2v) is 7.30. The molecule has 2 rings (SSSR count). The van der Waals surface area contributed by atoms with Gasteiger partial charge in [0.1, 0.15) is 17.4 Å². The molecule has 1 aromatic heterocycles. The average molecular weight is 370 g/mol. The minimum atomic E-state index is -1.27. The molecule has 10 nitrogen and oxygen atoms in total. The highest BCUT2D eigenvalue weighted by atomic mass is 32.1. The van der Waals surface area contributed by atoms with Crippen molar-refractivity contribution >= 4 is 34.0 Å². The first-order chi connectivity index (χ1) is 11.6. The van der Waals surface area contributed by atoms with Crippen LogP contribution in [0.2, 0.25) is 0 Å². The lowest BCUT2D eigenvalue weighted by Crippen LogP contribution is -2.71. The lowest BCUT2D eigenvalue weighted by atomic mass is 9.99. The van der Waals surface area contributed by atoms with Crippen molar-refractivity contribution in [3.63, 3.8) is 0 Å². The van der Waals surface area contributed by atoms with Crippen molar-refractivity contribution in [3.05, 3.63) is 11.1 Å². The number of carbonyl (C=O) groups is 2. The number of β-lactam (4-membered cyclic amide) rings is 1. The summed E-state index contributed by atoms with van der Waals surface area (Å²) in [6.45, 7) is 5.56. The van der Waals surface area contributed by atoms with Gasteiger partial charge in [-0.25, -0.2) is 4.98 Å². The number of rotatable bonds is 7. The topological polar surface area (TPSA) is 162 Å². The summed E-state index contributed by atoms with van der Waals surface area (Å²) < 4.78 is 5.29. The Kier molecular flexibility index (Phi) is 5.72. The Bertz CT molecular complexity index is 671. The van der Waals surface area contributed by atoms with Crippen LogP contribution in [-0.2, 0) is 14.3 Å². The smallest absolute Gasteiger partial charge is 0.272 e. The molecule has 2 heterocycles. The zero-order chi connectivity index (χ0) is 18.8. The Balaban J connectivity index is 1.93. The minimum absolute atomic E-state index is 0.122. The number of amides is 2. The maximum atomic E-state index is 12.1. The molecule has 0 bridgehead atoms. The van der Waals surface area contributed by atoms with Crippen LogP contribution in [0.15, 0.2) is 5.38 Å². The second-order valence-electron chi connectivity index (χ2n) is 6.44. The number of anilines is 1. The number of nitrogens with two attached hydrogens (primary N) is 1. The highest BCUT2D eigenvalue weighted by Crippen LogP contribution is 2.18. The molecule has 1 aliphatic heterocycles. The van der Waals surface area contributed by atoms with Gasteiger partial charge in [-0.3, -0.25) is 15.0 Å². The molecule has 1 aromatic rings. The normalized spacial score (nSPS) is 21.1. The molecule has 2 amide bonds. The number of aliphatic hydroxyl groups is 1. The quantitative estimate of drug-likeness (QED) is 0.203. The van der Waals surface area contributed by atoms with E-state index in [1.54, 1.807) is 20.8 Å². The molecule has 138 valence electrons. The number of ether oxygens (including phenoxy) is 1. The molecule has 11 heteroatoms. The van der Waals surface area contributed by atoms with Gasteiger partial charge >= 0.3 is 0 Å². The van der Waals surface area contributed by atoms with E-state index in [0.717, 1.165) is 11.3 Å². The number of hydrogen-bond donors (Lipinski definition) is 6. The van der Waals surface area contributed by atoms with Crippen LogP contribution < -0.4 is 21.7 Å². The van der Waals surface area contributed by atoms with Gasteiger partial charge in [-0.2, -0.15) is 0 Å². The van der Waals surface area contributed by atoms with E-state index in [9.17, 15) is 14.7 Å². The first-order valence-corrected chi connectivity index (χ1v) is 8.47. The zero-order valence-corrected chi connectivity index (χ0v) is 14.9. The number of aliphatic hydroxyl groups excluding tert-OH is 1. The maximum Gasteiger partial charge on any atom is 0.272 e. The van der Waals surface area contributed by atoms with Crippen LogP contribution in [0.4, 0.5) is 5.13 Å². The van der Waals surface area contributed by atoms with E-state index in [1.807, 2.05) is 0 Å². The fourth-order valence-corrected chi connectivity index (χ4v) is 2.77. The van der Waals surface area contributed by atoms with Gasteiger partial charge in [-0.1, -0.05) is 0 Å². The summed E-state index contributed by atoms with van der Waals surface area (Å²) in [5.74, 6) is -1.05. The minimum Gasteiger partial charge on any atom is -0.351 e. The fourth-order valence-electron chi connectivity index (χ4n) is 2.06. The van der Waals surface area contributed by atoms with E-state index in [4.69, 9.17) is 15.9 Å². The molecule has 7 N–H and O–H groups in total. The number of hydrogen-bond acceptors (Lipinski definition) is 9. The molecule has 0 aliphatic carbocycles. The highest BCUT2D eigenvalue weighted by Gasteiger charge is 2.39. The molecule has 0 radical (unpaired) electrons. The van der Waals surface area contributed by atoms with Gasteiger partial charge in [0.15, 0.2) is 5.13 Å². The van der Waals surface area contributed by atoms with E-state index >= 15 is 0 Å². The number of nitrogens with zero attached hydrogens (tertiary/aromatic N) is 1. The van der Waals surface area contributed by atoms with E-state index in [1.165, 1.54) is 5.38 Å². The van der Waals surface area contributed by atoms with E-state index < -0.39 is 24.0 Å². The molecule has 3 atom stereocenters. The van der Waals surface area contributed by atoms with Gasteiger partial charge in [0.25, 0.3) is 5.91 Å². The van der Waals surface area contributed by atoms with Crippen LogP contribution in [0.3, 0.4) is 0 Å². The lowest BCUT2D eigenvalue weighted by Gasteiger charge is -2.36. The molecule has 0 unspecified atom stereocenters. The standard InChI is InChI=1S/C14H22N6O4S/c1-14(2,3)24-13(23)20-12-18-7(5-25-12)8(16)10(21)19-9-6(4-15)17-11(9)22/h5-6,9,13,16,23H,4,15H2,1-3H3,(H,17,22)(H,18,20)(H,19,21)/t6-,9+,13-/m1/s1. The molecule has 0 aromatic carbocycles. The molecule has 1 saturated heterocycles. The summed E-state index contributed by atoms with van der Waals surface area (Å²) >= 11 is 1.11. The van der Waals surface area contributed by atoms with Gasteiger partial charge in [0.05, 0.1) is 11.6 Å². The van der Waals surface area contributed by atoms with Crippen LogP contribution in [-0.4, -0.2) is 58.3 Å². The molecule has 0 spiro atoms. The summed E-state index contributed by atoms with van der Waals surface area (Å²) in [6, 6.07) is -1.07. The molecular formula is C14H22N6O4S. The Morgan fingerprint density at radius 2 is 2.28 bits per heavy atom. The second kappa shape index (κ2) is 7.44. The predicted molar refractivity (Wildman–Crippen MR) is 92.3 cm³/mol. The molecule has 1 aliphatic rings.